The largest absolute Gasteiger partial charge is 0.497 e. The lowest BCUT2D eigenvalue weighted by atomic mass is 10.2. The standard InChI is InChI=1S/C23H23NO8S.C23H23NO6S/c1-29-18-11-12-21(30-2)22(15-18)33(27,28)24-19-5-3-4-6-20(19)32-14-13-31-17-9-7-16(8-10-17)23(25)26;1-16-7-12-22(17(2)15-16)31(27,28)24-20-5-3-4-6-21(20)30-14-13-29-19-10-8-18(9-11-19)23(25)26/h3-12,15,24H,13-14H2,1-2H3,(H,25,26);3-12,15,24H,13-14H2,1-2H3,(H,25,26). The van der Waals surface area contributed by atoms with Crippen molar-refractivity contribution in [3.8, 4) is 34.5 Å². The van der Waals surface area contributed by atoms with E-state index in [1.165, 1.54) is 50.6 Å². The molecule has 18 heteroatoms. The van der Waals surface area contributed by atoms with Gasteiger partial charge in [0.05, 0.1) is 41.6 Å². The number of para-hydroxylation sites is 4. The molecule has 0 atom stereocenters. The maximum atomic E-state index is 13.0. The maximum absolute atomic E-state index is 13.0. The minimum absolute atomic E-state index is 0.0766. The topological polar surface area (TPSA) is 222 Å². The van der Waals surface area contributed by atoms with Gasteiger partial charge in [-0.25, -0.2) is 26.4 Å². The van der Waals surface area contributed by atoms with E-state index in [1.807, 2.05) is 13.0 Å². The Morgan fingerprint density at radius 3 is 1.36 bits per heavy atom. The minimum atomic E-state index is -4.01. The Labute approximate surface area is 371 Å². The van der Waals surface area contributed by atoms with Crippen molar-refractivity contribution in [2.24, 2.45) is 0 Å². The summed E-state index contributed by atoms with van der Waals surface area (Å²) in [4.78, 5) is 21.9. The lowest BCUT2D eigenvalue weighted by Gasteiger charge is -2.16. The third-order valence-corrected chi connectivity index (χ3v) is 11.9. The molecule has 0 heterocycles. The summed E-state index contributed by atoms with van der Waals surface area (Å²) >= 11 is 0. The van der Waals surface area contributed by atoms with Crippen LogP contribution in [-0.2, 0) is 20.0 Å². The number of aromatic carboxylic acids is 2. The van der Waals surface area contributed by atoms with Crippen molar-refractivity contribution in [3.05, 3.63) is 156 Å². The number of hydrogen-bond donors (Lipinski definition) is 4. The highest BCUT2D eigenvalue weighted by Crippen LogP contribution is 2.33. The maximum Gasteiger partial charge on any atom is 0.335 e. The summed E-state index contributed by atoms with van der Waals surface area (Å²) in [5.41, 5.74) is 2.55. The summed E-state index contributed by atoms with van der Waals surface area (Å²) in [6.45, 7) is 4.32. The third-order valence-electron chi connectivity index (χ3n) is 8.96. The smallest absolute Gasteiger partial charge is 0.335 e. The molecule has 16 nitrogen and oxygen atoms in total. The van der Waals surface area contributed by atoms with Crippen molar-refractivity contribution in [2.75, 3.05) is 50.1 Å². The van der Waals surface area contributed by atoms with Crippen LogP contribution in [0.5, 0.6) is 34.5 Å². The molecular formula is C46H46N2O14S2. The first-order valence-corrected chi connectivity index (χ1v) is 22.3. The van der Waals surface area contributed by atoms with E-state index in [0.717, 1.165) is 5.56 Å². The van der Waals surface area contributed by atoms with Crippen molar-refractivity contribution < 1.29 is 65.1 Å². The van der Waals surface area contributed by atoms with Crippen LogP contribution in [0.1, 0.15) is 31.8 Å². The summed E-state index contributed by atoms with van der Waals surface area (Å²) in [6, 6.07) is 35.0. The Balaban J connectivity index is 0.000000241. The number of sulfonamides is 2. The number of rotatable bonds is 20. The predicted molar refractivity (Wildman–Crippen MR) is 239 cm³/mol. The third kappa shape index (κ3) is 13.3. The van der Waals surface area contributed by atoms with E-state index in [4.69, 9.17) is 38.6 Å². The summed E-state index contributed by atoms with van der Waals surface area (Å²) < 4.78 is 89.6. The highest BCUT2D eigenvalue weighted by atomic mass is 32.2. The van der Waals surface area contributed by atoms with Gasteiger partial charge in [0.15, 0.2) is 0 Å². The van der Waals surface area contributed by atoms with E-state index < -0.39 is 32.0 Å². The number of carboxylic acid groups (broad SMARTS) is 2. The Morgan fingerprint density at radius 2 is 0.922 bits per heavy atom. The normalized spacial score (nSPS) is 10.9. The van der Waals surface area contributed by atoms with E-state index in [9.17, 15) is 26.4 Å². The molecule has 6 aromatic carbocycles. The first-order valence-electron chi connectivity index (χ1n) is 19.3. The van der Waals surface area contributed by atoms with Gasteiger partial charge in [0.25, 0.3) is 20.0 Å². The molecule has 0 saturated carbocycles. The lowest BCUT2D eigenvalue weighted by molar-refractivity contribution is 0.0686. The Morgan fingerprint density at radius 1 is 0.484 bits per heavy atom. The van der Waals surface area contributed by atoms with Gasteiger partial charge in [-0.15, -0.1) is 0 Å². The number of carboxylic acids is 2. The van der Waals surface area contributed by atoms with Crippen LogP contribution >= 0.6 is 0 Å². The molecule has 336 valence electrons. The summed E-state index contributed by atoms with van der Waals surface area (Å²) in [6.07, 6.45) is 0. The number of benzene rings is 6. The molecule has 0 aliphatic carbocycles. The van der Waals surface area contributed by atoms with Gasteiger partial charge in [-0.05, 0) is 110 Å². The van der Waals surface area contributed by atoms with Crippen LogP contribution in [0.2, 0.25) is 0 Å². The molecule has 64 heavy (non-hydrogen) atoms. The van der Waals surface area contributed by atoms with Crippen LogP contribution in [0.4, 0.5) is 11.4 Å². The molecule has 0 radical (unpaired) electrons. The average molecular weight is 915 g/mol. The zero-order chi connectivity index (χ0) is 46.3. The van der Waals surface area contributed by atoms with Crippen molar-refractivity contribution in [1.29, 1.82) is 0 Å². The van der Waals surface area contributed by atoms with E-state index >= 15 is 0 Å². The van der Waals surface area contributed by atoms with Gasteiger partial charge < -0.3 is 38.6 Å². The van der Waals surface area contributed by atoms with Crippen LogP contribution in [0.25, 0.3) is 0 Å². The average Bonchev–Trinajstić information content (AvgIpc) is 3.27. The molecule has 0 aliphatic rings. The second-order valence-corrected chi connectivity index (χ2v) is 16.8. The molecule has 6 rings (SSSR count). The number of carbonyl (C=O) groups is 2. The van der Waals surface area contributed by atoms with Crippen LogP contribution < -0.4 is 37.9 Å². The van der Waals surface area contributed by atoms with E-state index in [1.54, 1.807) is 97.9 Å². The molecular weight excluding hydrogens is 869 g/mol. The number of methoxy groups -OCH3 is 2. The minimum Gasteiger partial charge on any atom is -0.497 e. The van der Waals surface area contributed by atoms with Gasteiger partial charge in [-0.3, -0.25) is 9.44 Å². The molecule has 0 unspecified atom stereocenters. The van der Waals surface area contributed by atoms with Gasteiger partial charge >= 0.3 is 11.9 Å². The van der Waals surface area contributed by atoms with Crippen LogP contribution in [0, 0.1) is 13.8 Å². The van der Waals surface area contributed by atoms with Gasteiger partial charge in [-0.2, -0.15) is 0 Å². The molecule has 0 aliphatic heterocycles. The molecule has 0 bridgehead atoms. The van der Waals surface area contributed by atoms with Crippen LogP contribution in [-0.4, -0.2) is 79.6 Å². The summed E-state index contributed by atoms with van der Waals surface area (Å²) in [5, 5.41) is 17.8. The number of ether oxygens (including phenoxy) is 6. The molecule has 0 aromatic heterocycles. The predicted octanol–water partition coefficient (Wildman–Crippen LogP) is 7.92. The number of anilines is 2. The first-order chi connectivity index (χ1) is 30.6. The van der Waals surface area contributed by atoms with Crippen molar-refractivity contribution in [3.63, 3.8) is 0 Å². The molecule has 0 saturated heterocycles. The van der Waals surface area contributed by atoms with Crippen molar-refractivity contribution in [2.45, 2.75) is 23.6 Å². The van der Waals surface area contributed by atoms with Gasteiger partial charge in [0.2, 0.25) is 0 Å². The van der Waals surface area contributed by atoms with Gasteiger partial charge in [0, 0.05) is 6.07 Å². The lowest BCUT2D eigenvalue weighted by Crippen LogP contribution is -2.16. The van der Waals surface area contributed by atoms with Crippen LogP contribution in [0.15, 0.2) is 143 Å². The second kappa shape index (κ2) is 22.1. The Bertz CT molecular complexity index is 2760. The highest BCUT2D eigenvalue weighted by molar-refractivity contribution is 7.93. The molecule has 6 aromatic rings. The molecule has 4 N–H and O–H groups in total. The van der Waals surface area contributed by atoms with E-state index in [-0.39, 0.29) is 58.8 Å². The quantitative estimate of drug-likeness (QED) is 0.0535. The van der Waals surface area contributed by atoms with Crippen LogP contribution in [0.3, 0.4) is 0 Å². The highest BCUT2D eigenvalue weighted by Gasteiger charge is 2.23. The van der Waals surface area contributed by atoms with Crippen molar-refractivity contribution >= 4 is 43.4 Å². The fourth-order valence-electron chi connectivity index (χ4n) is 5.86. The molecule has 0 amide bonds. The first kappa shape index (κ1) is 47.6. The monoisotopic (exact) mass is 914 g/mol. The fourth-order valence-corrected chi connectivity index (χ4v) is 8.41. The molecule has 0 fully saturated rings. The van der Waals surface area contributed by atoms with Gasteiger partial charge in [0.1, 0.15) is 65.8 Å². The number of aryl methyl sites for hydroxylation is 2. The Hall–Kier alpha value is -7.44. The molecule has 0 spiro atoms. The SMILES string of the molecule is COc1ccc(OC)c(S(=O)(=O)Nc2ccccc2OCCOc2ccc(C(=O)O)cc2)c1.Cc1ccc(S(=O)(=O)Nc2ccccc2OCCOc2ccc(C(=O)O)cc2)c(C)c1. The summed E-state index contributed by atoms with van der Waals surface area (Å²) in [7, 11) is -4.96. The van der Waals surface area contributed by atoms with E-state index in [0.29, 0.717) is 40.0 Å². The summed E-state index contributed by atoms with van der Waals surface area (Å²) in [5.74, 6) is 0.206. The second-order valence-electron chi connectivity index (χ2n) is 13.5. The van der Waals surface area contributed by atoms with Gasteiger partial charge in [-0.1, -0.05) is 42.0 Å². The zero-order valence-corrected chi connectivity index (χ0v) is 36.8. The zero-order valence-electron chi connectivity index (χ0n) is 35.1. The number of nitrogens with one attached hydrogen (secondary N) is 2. The fraction of sp³-hybridized carbons (Fsp3) is 0.174. The number of hydrogen-bond acceptors (Lipinski definition) is 12. The Kier molecular flexibility index (Phi) is 16.4. The van der Waals surface area contributed by atoms with Crippen molar-refractivity contribution in [1.82, 2.24) is 0 Å². The van der Waals surface area contributed by atoms with E-state index in [2.05, 4.69) is 9.44 Å².